The Morgan fingerprint density at radius 2 is 2.25 bits per heavy atom. The van der Waals surface area contributed by atoms with Crippen LogP contribution in [0.2, 0.25) is 0 Å². The molecule has 16 heavy (non-hydrogen) atoms. The number of nitrogens with zero attached hydrogens (tertiary/aromatic N) is 2. The van der Waals surface area contributed by atoms with E-state index in [1.54, 1.807) is 36.1 Å². The molecule has 0 saturated heterocycles. The Balaban J connectivity index is 2.41. The third-order valence-electron chi connectivity index (χ3n) is 2.32. The Morgan fingerprint density at radius 1 is 1.50 bits per heavy atom. The van der Waals surface area contributed by atoms with Crippen LogP contribution in [0.5, 0.6) is 0 Å². The second-order valence-electron chi connectivity index (χ2n) is 3.49. The van der Waals surface area contributed by atoms with Crippen molar-refractivity contribution in [1.29, 1.82) is 0 Å². The number of aromatic nitrogens is 2. The second-order valence-corrected chi connectivity index (χ2v) is 4.35. The highest BCUT2D eigenvalue weighted by Crippen LogP contribution is 2.27. The zero-order chi connectivity index (χ0) is 11.7. The van der Waals surface area contributed by atoms with Crippen LogP contribution in [0.25, 0.3) is 0 Å². The average Bonchev–Trinajstić information content (AvgIpc) is 2.68. The number of hydrogen-bond acceptors (Lipinski definition) is 2. The summed E-state index contributed by atoms with van der Waals surface area (Å²) in [6.45, 7) is 0. The number of aliphatic hydroxyl groups is 1. The fourth-order valence-corrected chi connectivity index (χ4v) is 1.87. The van der Waals surface area contributed by atoms with E-state index in [-0.39, 0.29) is 5.56 Å². The van der Waals surface area contributed by atoms with Gasteiger partial charge in [-0.2, -0.15) is 5.10 Å². The van der Waals surface area contributed by atoms with E-state index in [9.17, 15) is 9.50 Å². The van der Waals surface area contributed by atoms with Gasteiger partial charge in [-0.15, -0.1) is 0 Å². The molecule has 0 amide bonds. The molecule has 84 valence electrons. The lowest BCUT2D eigenvalue weighted by atomic mass is 10.0. The molecule has 1 heterocycles. The molecule has 1 unspecified atom stereocenters. The van der Waals surface area contributed by atoms with Crippen LogP contribution in [0.15, 0.2) is 35.1 Å². The largest absolute Gasteiger partial charge is 0.383 e. The van der Waals surface area contributed by atoms with Gasteiger partial charge in [0.25, 0.3) is 0 Å². The summed E-state index contributed by atoms with van der Waals surface area (Å²) in [7, 11) is 1.74. The minimum absolute atomic E-state index is 0.238. The molecule has 0 fully saturated rings. The second kappa shape index (κ2) is 4.35. The van der Waals surface area contributed by atoms with Crippen molar-refractivity contribution in [2.75, 3.05) is 0 Å². The molecule has 0 saturated carbocycles. The Kier molecular flexibility index (Phi) is 3.07. The summed E-state index contributed by atoms with van der Waals surface area (Å²) in [5.74, 6) is -0.446. The molecular formula is C11H10BrFN2O. The van der Waals surface area contributed by atoms with Gasteiger partial charge in [0.2, 0.25) is 0 Å². The van der Waals surface area contributed by atoms with Crippen molar-refractivity contribution in [2.45, 2.75) is 6.10 Å². The summed E-state index contributed by atoms with van der Waals surface area (Å²) >= 11 is 3.09. The van der Waals surface area contributed by atoms with E-state index in [2.05, 4.69) is 21.0 Å². The first-order valence-electron chi connectivity index (χ1n) is 4.70. The van der Waals surface area contributed by atoms with Gasteiger partial charge in [0.1, 0.15) is 11.9 Å². The number of benzene rings is 1. The van der Waals surface area contributed by atoms with Gasteiger partial charge in [-0.25, -0.2) is 4.39 Å². The van der Waals surface area contributed by atoms with Crippen LogP contribution in [0.3, 0.4) is 0 Å². The lowest BCUT2D eigenvalue weighted by Crippen LogP contribution is -2.02. The molecule has 0 aliphatic carbocycles. The summed E-state index contributed by atoms with van der Waals surface area (Å²) in [5, 5.41) is 13.9. The van der Waals surface area contributed by atoms with Crippen LogP contribution in [-0.2, 0) is 7.05 Å². The molecule has 0 aliphatic heterocycles. The van der Waals surface area contributed by atoms with Crippen LogP contribution in [0, 0.1) is 5.82 Å². The SMILES string of the molecule is Cn1cc(C(O)c2cccc(Br)c2F)cn1. The van der Waals surface area contributed by atoms with Gasteiger partial charge in [0, 0.05) is 24.4 Å². The fourth-order valence-electron chi connectivity index (χ4n) is 1.49. The lowest BCUT2D eigenvalue weighted by molar-refractivity contribution is 0.214. The molecule has 1 atom stereocenters. The summed E-state index contributed by atoms with van der Waals surface area (Å²) in [6, 6.07) is 4.83. The maximum atomic E-state index is 13.7. The number of aryl methyl sites for hydroxylation is 1. The Bertz CT molecular complexity index is 512. The highest BCUT2D eigenvalue weighted by atomic mass is 79.9. The first kappa shape index (κ1) is 11.3. The molecule has 1 aromatic heterocycles. The standard InChI is InChI=1S/C11H10BrFN2O/c1-15-6-7(5-14-15)11(16)8-3-2-4-9(12)10(8)13/h2-6,11,16H,1H3. The zero-order valence-electron chi connectivity index (χ0n) is 8.56. The Hall–Kier alpha value is -1.20. The molecule has 1 aromatic carbocycles. The Labute approximate surface area is 101 Å². The third-order valence-corrected chi connectivity index (χ3v) is 2.93. The van der Waals surface area contributed by atoms with E-state index in [0.717, 1.165) is 0 Å². The molecule has 5 heteroatoms. The first-order chi connectivity index (χ1) is 7.59. The number of aliphatic hydroxyl groups excluding tert-OH is 1. The zero-order valence-corrected chi connectivity index (χ0v) is 10.1. The average molecular weight is 285 g/mol. The number of rotatable bonds is 2. The van der Waals surface area contributed by atoms with Gasteiger partial charge in [0.05, 0.1) is 10.7 Å². The smallest absolute Gasteiger partial charge is 0.143 e. The maximum absolute atomic E-state index is 13.7. The van der Waals surface area contributed by atoms with Crippen molar-refractivity contribution in [3.05, 3.63) is 52.0 Å². The molecule has 0 spiro atoms. The van der Waals surface area contributed by atoms with Crippen molar-refractivity contribution < 1.29 is 9.50 Å². The highest BCUT2D eigenvalue weighted by molar-refractivity contribution is 9.10. The molecule has 0 aliphatic rings. The van der Waals surface area contributed by atoms with Crippen LogP contribution in [-0.4, -0.2) is 14.9 Å². The van der Waals surface area contributed by atoms with Gasteiger partial charge < -0.3 is 5.11 Å². The highest BCUT2D eigenvalue weighted by Gasteiger charge is 2.17. The van der Waals surface area contributed by atoms with E-state index < -0.39 is 11.9 Å². The topological polar surface area (TPSA) is 38.0 Å². The van der Waals surface area contributed by atoms with Gasteiger partial charge in [0.15, 0.2) is 0 Å². The molecule has 0 radical (unpaired) electrons. The normalized spacial score (nSPS) is 12.8. The molecule has 2 rings (SSSR count). The molecule has 2 aromatic rings. The van der Waals surface area contributed by atoms with Gasteiger partial charge in [-0.05, 0) is 22.0 Å². The number of halogens is 2. The van der Waals surface area contributed by atoms with Crippen LogP contribution in [0.1, 0.15) is 17.2 Å². The summed E-state index contributed by atoms with van der Waals surface area (Å²) < 4.78 is 15.6. The Morgan fingerprint density at radius 3 is 2.88 bits per heavy atom. The fraction of sp³-hybridized carbons (Fsp3) is 0.182. The van der Waals surface area contributed by atoms with Crippen molar-refractivity contribution in [3.8, 4) is 0 Å². The molecular weight excluding hydrogens is 275 g/mol. The van der Waals surface area contributed by atoms with Gasteiger partial charge in [-0.3, -0.25) is 4.68 Å². The van der Waals surface area contributed by atoms with Crippen LogP contribution < -0.4 is 0 Å². The van der Waals surface area contributed by atoms with Gasteiger partial charge in [-0.1, -0.05) is 12.1 Å². The summed E-state index contributed by atoms with van der Waals surface area (Å²) in [6.07, 6.45) is 2.18. The van der Waals surface area contributed by atoms with Crippen molar-refractivity contribution in [3.63, 3.8) is 0 Å². The quantitative estimate of drug-likeness (QED) is 0.920. The number of hydrogen-bond donors (Lipinski definition) is 1. The summed E-state index contributed by atoms with van der Waals surface area (Å²) in [4.78, 5) is 0. The first-order valence-corrected chi connectivity index (χ1v) is 5.49. The maximum Gasteiger partial charge on any atom is 0.143 e. The van der Waals surface area contributed by atoms with Crippen LogP contribution >= 0.6 is 15.9 Å². The van der Waals surface area contributed by atoms with Crippen molar-refractivity contribution >= 4 is 15.9 Å². The molecule has 1 N–H and O–H groups in total. The monoisotopic (exact) mass is 284 g/mol. The lowest BCUT2D eigenvalue weighted by Gasteiger charge is -2.10. The summed E-state index contributed by atoms with van der Waals surface area (Å²) in [5.41, 5.74) is 0.807. The van der Waals surface area contributed by atoms with Gasteiger partial charge >= 0.3 is 0 Å². The van der Waals surface area contributed by atoms with Crippen LogP contribution in [0.4, 0.5) is 4.39 Å². The predicted octanol–water partition coefficient (Wildman–Crippen LogP) is 2.40. The molecule has 0 bridgehead atoms. The van der Waals surface area contributed by atoms with E-state index in [0.29, 0.717) is 10.0 Å². The van der Waals surface area contributed by atoms with Crippen molar-refractivity contribution in [2.24, 2.45) is 7.05 Å². The minimum atomic E-state index is -0.994. The van der Waals surface area contributed by atoms with E-state index in [1.807, 2.05) is 0 Å². The van der Waals surface area contributed by atoms with E-state index in [4.69, 9.17) is 0 Å². The van der Waals surface area contributed by atoms with E-state index in [1.165, 1.54) is 6.20 Å². The van der Waals surface area contributed by atoms with Crippen molar-refractivity contribution in [1.82, 2.24) is 9.78 Å². The van der Waals surface area contributed by atoms with E-state index >= 15 is 0 Å². The minimum Gasteiger partial charge on any atom is -0.383 e. The predicted molar refractivity (Wildman–Crippen MR) is 61.4 cm³/mol. The third kappa shape index (κ3) is 2.01. The molecule has 3 nitrogen and oxygen atoms in total.